The minimum Gasteiger partial charge on any atom is -0.349 e. The number of hydrogen-bond donors (Lipinski definition) is 1. The summed E-state index contributed by atoms with van der Waals surface area (Å²) in [5.41, 5.74) is 0.952. The maximum atomic E-state index is 12.2. The van der Waals surface area contributed by atoms with Crippen molar-refractivity contribution < 1.29 is 4.79 Å². The molecule has 2 heterocycles. The quantitative estimate of drug-likeness (QED) is 0.879. The van der Waals surface area contributed by atoms with E-state index < -0.39 is 0 Å². The average molecular weight is 262 g/mol. The molecule has 2 aromatic rings. The normalized spacial score (nSPS) is 10.8. The summed E-state index contributed by atoms with van der Waals surface area (Å²) in [6.07, 6.45) is 5.84. The molecular formula is C14H18N2OS. The van der Waals surface area contributed by atoms with E-state index in [1.54, 1.807) is 0 Å². The van der Waals surface area contributed by atoms with Crippen molar-refractivity contribution in [3.05, 3.63) is 40.8 Å². The SMILES string of the molecule is CCC(CC)NC(=O)c1sccc1-n1cccc1. The first-order valence-electron chi connectivity index (χ1n) is 6.28. The van der Waals surface area contributed by atoms with Crippen LogP contribution in [0.15, 0.2) is 36.0 Å². The van der Waals surface area contributed by atoms with Gasteiger partial charge in [0.1, 0.15) is 4.88 Å². The largest absolute Gasteiger partial charge is 0.349 e. The van der Waals surface area contributed by atoms with Crippen molar-refractivity contribution in [2.45, 2.75) is 32.7 Å². The van der Waals surface area contributed by atoms with Gasteiger partial charge >= 0.3 is 0 Å². The second-order valence-electron chi connectivity index (χ2n) is 4.21. The van der Waals surface area contributed by atoms with Gasteiger partial charge in [0, 0.05) is 18.4 Å². The Bertz CT molecular complexity index is 498. The van der Waals surface area contributed by atoms with Crippen LogP contribution in [0, 0.1) is 0 Å². The highest BCUT2D eigenvalue weighted by Gasteiger charge is 2.16. The maximum absolute atomic E-state index is 12.2. The highest BCUT2D eigenvalue weighted by atomic mass is 32.1. The number of aromatic nitrogens is 1. The molecular weight excluding hydrogens is 244 g/mol. The summed E-state index contributed by atoms with van der Waals surface area (Å²) in [4.78, 5) is 13.0. The molecule has 0 unspecified atom stereocenters. The van der Waals surface area contributed by atoms with Crippen molar-refractivity contribution in [3.63, 3.8) is 0 Å². The Morgan fingerprint density at radius 1 is 1.33 bits per heavy atom. The summed E-state index contributed by atoms with van der Waals surface area (Å²) in [5, 5.41) is 5.03. The molecule has 0 aromatic carbocycles. The zero-order valence-corrected chi connectivity index (χ0v) is 11.5. The molecule has 0 spiro atoms. The van der Waals surface area contributed by atoms with E-state index in [0.717, 1.165) is 23.4 Å². The van der Waals surface area contributed by atoms with E-state index >= 15 is 0 Å². The van der Waals surface area contributed by atoms with Gasteiger partial charge in [0.2, 0.25) is 0 Å². The van der Waals surface area contributed by atoms with Gasteiger partial charge < -0.3 is 9.88 Å². The minimum atomic E-state index is 0.0300. The summed E-state index contributed by atoms with van der Waals surface area (Å²) >= 11 is 1.49. The molecule has 2 aromatic heterocycles. The second-order valence-corrected chi connectivity index (χ2v) is 5.13. The van der Waals surface area contributed by atoms with E-state index in [4.69, 9.17) is 0 Å². The van der Waals surface area contributed by atoms with Crippen molar-refractivity contribution in [2.24, 2.45) is 0 Å². The molecule has 4 heteroatoms. The lowest BCUT2D eigenvalue weighted by molar-refractivity contribution is 0.0939. The Morgan fingerprint density at radius 3 is 2.61 bits per heavy atom. The fourth-order valence-electron chi connectivity index (χ4n) is 1.91. The number of thiophene rings is 1. The summed E-state index contributed by atoms with van der Waals surface area (Å²) in [6, 6.07) is 6.16. The van der Waals surface area contributed by atoms with Gasteiger partial charge in [-0.05, 0) is 36.4 Å². The molecule has 2 rings (SSSR count). The van der Waals surface area contributed by atoms with Crippen molar-refractivity contribution in [3.8, 4) is 5.69 Å². The number of amides is 1. The van der Waals surface area contributed by atoms with Crippen LogP contribution in [0.25, 0.3) is 5.69 Å². The van der Waals surface area contributed by atoms with E-state index in [-0.39, 0.29) is 11.9 Å². The molecule has 0 aliphatic heterocycles. The van der Waals surface area contributed by atoms with Gasteiger partial charge in [-0.1, -0.05) is 13.8 Å². The lowest BCUT2D eigenvalue weighted by Gasteiger charge is -2.14. The number of rotatable bonds is 5. The number of nitrogens with one attached hydrogen (secondary N) is 1. The van der Waals surface area contributed by atoms with Gasteiger partial charge in [-0.2, -0.15) is 0 Å². The van der Waals surface area contributed by atoms with Crippen molar-refractivity contribution >= 4 is 17.2 Å². The zero-order valence-electron chi connectivity index (χ0n) is 10.7. The molecule has 0 fully saturated rings. The monoisotopic (exact) mass is 262 g/mol. The Hall–Kier alpha value is -1.55. The van der Waals surface area contributed by atoms with E-state index in [1.807, 2.05) is 40.5 Å². The molecule has 0 bridgehead atoms. The summed E-state index contributed by atoms with van der Waals surface area (Å²) in [7, 11) is 0. The third kappa shape index (κ3) is 2.64. The third-order valence-electron chi connectivity index (χ3n) is 3.05. The summed E-state index contributed by atoms with van der Waals surface area (Å²) in [5.74, 6) is 0.0300. The first-order valence-corrected chi connectivity index (χ1v) is 7.16. The standard InChI is InChI=1S/C14H18N2OS/c1-3-11(4-2)15-14(17)13-12(7-10-18-13)16-8-5-6-9-16/h5-11H,3-4H2,1-2H3,(H,15,17). The van der Waals surface area contributed by atoms with Crippen LogP contribution in [0.1, 0.15) is 36.4 Å². The molecule has 0 saturated carbocycles. The summed E-state index contributed by atoms with van der Waals surface area (Å²) in [6.45, 7) is 4.19. The highest BCUT2D eigenvalue weighted by Crippen LogP contribution is 2.21. The van der Waals surface area contributed by atoms with E-state index in [0.29, 0.717) is 0 Å². The smallest absolute Gasteiger partial charge is 0.263 e. The molecule has 1 N–H and O–H groups in total. The Morgan fingerprint density at radius 2 is 2.00 bits per heavy atom. The average Bonchev–Trinajstić information content (AvgIpc) is 3.04. The van der Waals surface area contributed by atoms with Crippen LogP contribution in [0.4, 0.5) is 0 Å². The molecule has 0 aliphatic rings. The predicted molar refractivity (Wildman–Crippen MR) is 75.5 cm³/mol. The van der Waals surface area contributed by atoms with E-state index in [1.165, 1.54) is 11.3 Å². The van der Waals surface area contributed by atoms with Gasteiger partial charge in [0.05, 0.1) is 5.69 Å². The van der Waals surface area contributed by atoms with Gasteiger partial charge in [-0.15, -0.1) is 11.3 Å². The Labute approximate surface area is 111 Å². The molecule has 18 heavy (non-hydrogen) atoms. The number of carbonyl (C=O) groups is 1. The zero-order chi connectivity index (χ0) is 13.0. The second kappa shape index (κ2) is 5.87. The number of carbonyl (C=O) groups excluding carboxylic acids is 1. The number of hydrogen-bond acceptors (Lipinski definition) is 2. The molecule has 0 aliphatic carbocycles. The number of nitrogens with zero attached hydrogens (tertiary/aromatic N) is 1. The fraction of sp³-hybridized carbons (Fsp3) is 0.357. The Kier molecular flexibility index (Phi) is 4.20. The van der Waals surface area contributed by atoms with Crippen molar-refractivity contribution in [1.82, 2.24) is 9.88 Å². The first-order chi connectivity index (χ1) is 8.76. The molecule has 1 amide bonds. The summed E-state index contributed by atoms with van der Waals surface area (Å²) < 4.78 is 1.97. The lowest BCUT2D eigenvalue weighted by Crippen LogP contribution is -2.33. The molecule has 0 saturated heterocycles. The highest BCUT2D eigenvalue weighted by molar-refractivity contribution is 7.12. The predicted octanol–water partition coefficient (Wildman–Crippen LogP) is 3.46. The minimum absolute atomic E-state index is 0.0300. The third-order valence-corrected chi connectivity index (χ3v) is 3.96. The van der Waals surface area contributed by atoms with Gasteiger partial charge in [0.25, 0.3) is 5.91 Å². The van der Waals surface area contributed by atoms with Crippen LogP contribution >= 0.6 is 11.3 Å². The maximum Gasteiger partial charge on any atom is 0.263 e. The van der Waals surface area contributed by atoms with Crippen LogP contribution in [0.2, 0.25) is 0 Å². The van der Waals surface area contributed by atoms with Crippen LogP contribution in [0.5, 0.6) is 0 Å². The van der Waals surface area contributed by atoms with Crippen LogP contribution in [-0.2, 0) is 0 Å². The fourth-order valence-corrected chi connectivity index (χ4v) is 2.71. The topological polar surface area (TPSA) is 34.0 Å². The van der Waals surface area contributed by atoms with Crippen LogP contribution < -0.4 is 5.32 Å². The molecule has 96 valence electrons. The lowest BCUT2D eigenvalue weighted by atomic mass is 10.1. The van der Waals surface area contributed by atoms with E-state index in [9.17, 15) is 4.79 Å². The van der Waals surface area contributed by atoms with Gasteiger partial charge in [-0.3, -0.25) is 4.79 Å². The molecule has 3 nitrogen and oxygen atoms in total. The van der Waals surface area contributed by atoms with Crippen molar-refractivity contribution in [1.29, 1.82) is 0 Å². The van der Waals surface area contributed by atoms with Crippen LogP contribution in [-0.4, -0.2) is 16.5 Å². The van der Waals surface area contributed by atoms with Gasteiger partial charge in [0.15, 0.2) is 0 Å². The van der Waals surface area contributed by atoms with Gasteiger partial charge in [-0.25, -0.2) is 0 Å². The molecule has 0 atom stereocenters. The van der Waals surface area contributed by atoms with Crippen molar-refractivity contribution in [2.75, 3.05) is 0 Å². The Balaban J connectivity index is 2.19. The first kappa shape index (κ1) is 12.9. The molecule has 0 radical (unpaired) electrons. The van der Waals surface area contributed by atoms with E-state index in [2.05, 4.69) is 19.2 Å². The van der Waals surface area contributed by atoms with Crippen LogP contribution in [0.3, 0.4) is 0 Å².